The fourth-order valence-electron chi connectivity index (χ4n) is 3.79. The monoisotopic (exact) mass is 584 g/mol. The molecule has 13 heteroatoms. The summed E-state index contributed by atoms with van der Waals surface area (Å²) in [5.74, 6) is 0.726. The number of benzene rings is 2. The summed E-state index contributed by atoms with van der Waals surface area (Å²) in [5, 5.41) is 14.2. The molecule has 1 saturated heterocycles. The van der Waals surface area contributed by atoms with E-state index in [0.29, 0.717) is 45.2 Å². The molecular weight excluding hydrogens is 561 g/mol. The second kappa shape index (κ2) is 12.8. The molecule has 0 radical (unpaired) electrons. The molecule has 0 aliphatic carbocycles. The lowest BCUT2D eigenvalue weighted by atomic mass is 10.1. The van der Waals surface area contributed by atoms with Crippen molar-refractivity contribution in [2.24, 2.45) is 0 Å². The van der Waals surface area contributed by atoms with Crippen LogP contribution in [0.5, 0.6) is 11.5 Å². The Labute approximate surface area is 238 Å². The number of amides is 2. The molecule has 0 unspecified atom stereocenters. The number of hydrogen-bond donors (Lipinski definition) is 1. The number of carbonyl (C=O) groups excluding carboxylic acids is 2. The number of thiocarbonyl (C=S) groups is 1. The molecule has 10 nitrogen and oxygen atoms in total. The Hall–Kier alpha value is -3.81. The summed E-state index contributed by atoms with van der Waals surface area (Å²) < 4.78 is 11.0. The number of nitro groups is 1. The third-order valence-corrected chi connectivity index (χ3v) is 7.95. The van der Waals surface area contributed by atoms with Crippen molar-refractivity contribution in [3.63, 3.8) is 0 Å². The fraction of sp³-hybridized carbons (Fsp3) is 0.231. The predicted molar refractivity (Wildman–Crippen MR) is 155 cm³/mol. The first-order valence-electron chi connectivity index (χ1n) is 11.7. The van der Waals surface area contributed by atoms with Gasteiger partial charge in [-0.25, -0.2) is 4.98 Å². The maximum Gasteiger partial charge on any atom is 0.269 e. The highest BCUT2D eigenvalue weighted by Gasteiger charge is 2.31. The number of hydrogen-bond acceptors (Lipinski definition) is 10. The van der Waals surface area contributed by atoms with Gasteiger partial charge in [-0.15, -0.1) is 11.3 Å². The molecular formula is C26H24N4O6S3. The number of aromatic nitrogens is 1. The summed E-state index contributed by atoms with van der Waals surface area (Å²) in [6, 6.07) is 11.8. The van der Waals surface area contributed by atoms with Crippen molar-refractivity contribution in [3.8, 4) is 11.5 Å². The van der Waals surface area contributed by atoms with Crippen LogP contribution in [0, 0.1) is 10.1 Å². The number of nitrogens with one attached hydrogen (secondary N) is 1. The van der Waals surface area contributed by atoms with Crippen LogP contribution in [-0.2, 0) is 16.0 Å². The molecule has 2 aromatic carbocycles. The maximum absolute atomic E-state index is 12.9. The second-order valence-corrected chi connectivity index (χ2v) is 11.1. The minimum absolute atomic E-state index is 0.0310. The number of ether oxygens (including phenoxy) is 2. The summed E-state index contributed by atoms with van der Waals surface area (Å²) >= 11 is 7.93. The van der Waals surface area contributed by atoms with Gasteiger partial charge in [-0.05, 0) is 35.8 Å². The van der Waals surface area contributed by atoms with Gasteiger partial charge >= 0.3 is 0 Å². The van der Waals surface area contributed by atoms with Gasteiger partial charge in [0, 0.05) is 42.6 Å². The molecule has 1 fully saturated rings. The van der Waals surface area contributed by atoms with Gasteiger partial charge in [-0.2, -0.15) is 0 Å². The molecule has 0 saturated carbocycles. The van der Waals surface area contributed by atoms with Crippen LogP contribution in [0.15, 0.2) is 53.6 Å². The van der Waals surface area contributed by atoms with Crippen LogP contribution < -0.4 is 14.8 Å². The Balaban J connectivity index is 1.27. The lowest BCUT2D eigenvalue weighted by Gasteiger charge is -2.13. The molecule has 39 heavy (non-hydrogen) atoms. The second-order valence-electron chi connectivity index (χ2n) is 8.34. The SMILES string of the molecule is COc1ccc(/C=C2\SC(=S)N(CCCC(=O)Nc3ncc(Cc4cccc([N+](=O)[O-])c4)s3)C2=O)cc1OC. The van der Waals surface area contributed by atoms with E-state index < -0.39 is 4.92 Å². The normalized spacial score (nSPS) is 14.1. The van der Waals surface area contributed by atoms with E-state index in [9.17, 15) is 19.7 Å². The van der Waals surface area contributed by atoms with E-state index in [4.69, 9.17) is 21.7 Å². The van der Waals surface area contributed by atoms with Crippen molar-refractivity contribution < 1.29 is 24.0 Å². The van der Waals surface area contributed by atoms with Crippen LogP contribution >= 0.6 is 35.3 Å². The van der Waals surface area contributed by atoms with Gasteiger partial charge in [-0.3, -0.25) is 24.6 Å². The lowest BCUT2D eigenvalue weighted by molar-refractivity contribution is -0.384. The molecule has 0 spiro atoms. The molecule has 0 bridgehead atoms. The number of nitrogens with zero attached hydrogens (tertiary/aromatic N) is 3. The smallest absolute Gasteiger partial charge is 0.269 e. The fourth-order valence-corrected chi connectivity index (χ4v) is 5.97. The standard InChI is InChI=1S/C26H24N4O6S3/c1-35-20-9-8-17(13-21(20)36-2)14-22-24(32)29(26(37)39-22)10-4-7-23(31)28-25-27-15-19(38-25)12-16-5-3-6-18(11-16)30(33)34/h3,5-6,8-9,11,13-15H,4,7,10,12H2,1-2H3,(H,27,28,31)/b22-14-. The summed E-state index contributed by atoms with van der Waals surface area (Å²) in [6.07, 6.45) is 4.48. The third kappa shape index (κ3) is 7.19. The number of non-ortho nitro benzene ring substituents is 1. The molecule has 2 heterocycles. The zero-order valence-electron chi connectivity index (χ0n) is 21.0. The van der Waals surface area contributed by atoms with Gasteiger partial charge in [0.05, 0.1) is 24.0 Å². The number of methoxy groups -OCH3 is 2. The first kappa shape index (κ1) is 28.2. The molecule has 0 atom stereocenters. The number of carbonyl (C=O) groups is 2. The minimum atomic E-state index is -0.432. The third-order valence-electron chi connectivity index (χ3n) is 5.66. The van der Waals surface area contributed by atoms with Gasteiger partial charge in [0.2, 0.25) is 5.91 Å². The molecule has 1 aliphatic rings. The molecule has 3 aromatic rings. The molecule has 1 aromatic heterocycles. The van der Waals surface area contributed by atoms with Gasteiger partial charge in [0.15, 0.2) is 16.6 Å². The van der Waals surface area contributed by atoms with E-state index in [-0.39, 0.29) is 23.9 Å². The highest BCUT2D eigenvalue weighted by molar-refractivity contribution is 8.26. The van der Waals surface area contributed by atoms with Gasteiger partial charge in [-0.1, -0.05) is 42.2 Å². The Morgan fingerprint density at radius 2 is 2.00 bits per heavy atom. The van der Waals surface area contributed by atoms with E-state index >= 15 is 0 Å². The van der Waals surface area contributed by atoms with Crippen LogP contribution in [0.25, 0.3) is 6.08 Å². The molecule has 4 rings (SSSR count). The predicted octanol–water partition coefficient (Wildman–Crippen LogP) is 5.28. The van der Waals surface area contributed by atoms with Crippen molar-refractivity contribution >= 4 is 68.3 Å². The number of thiazole rings is 1. The Morgan fingerprint density at radius 1 is 1.21 bits per heavy atom. The summed E-state index contributed by atoms with van der Waals surface area (Å²) in [7, 11) is 3.10. The van der Waals surface area contributed by atoms with Gasteiger partial charge in [0.1, 0.15) is 4.32 Å². The van der Waals surface area contributed by atoms with Crippen LogP contribution in [-0.4, -0.2) is 51.7 Å². The summed E-state index contributed by atoms with van der Waals surface area (Å²) in [5.41, 5.74) is 1.60. The summed E-state index contributed by atoms with van der Waals surface area (Å²) in [6.45, 7) is 0.317. The Kier molecular flexibility index (Phi) is 9.28. The Bertz CT molecular complexity index is 1450. The number of anilines is 1. The molecule has 1 N–H and O–H groups in total. The van der Waals surface area contributed by atoms with Crippen LogP contribution in [0.4, 0.5) is 10.8 Å². The van der Waals surface area contributed by atoms with Gasteiger partial charge < -0.3 is 14.8 Å². The van der Waals surface area contributed by atoms with Crippen molar-refractivity contribution in [2.45, 2.75) is 19.3 Å². The highest BCUT2D eigenvalue weighted by Crippen LogP contribution is 2.35. The van der Waals surface area contributed by atoms with Crippen molar-refractivity contribution in [1.29, 1.82) is 0 Å². The van der Waals surface area contributed by atoms with Crippen LogP contribution in [0.3, 0.4) is 0 Å². The molecule has 2 amide bonds. The number of nitro benzene ring substituents is 1. The quantitative estimate of drug-likeness (QED) is 0.139. The van der Waals surface area contributed by atoms with E-state index in [2.05, 4.69) is 10.3 Å². The zero-order chi connectivity index (χ0) is 27.9. The van der Waals surface area contributed by atoms with E-state index in [1.807, 2.05) is 12.1 Å². The minimum Gasteiger partial charge on any atom is -0.493 e. The highest BCUT2D eigenvalue weighted by atomic mass is 32.2. The Morgan fingerprint density at radius 3 is 2.74 bits per heavy atom. The topological polar surface area (TPSA) is 124 Å². The summed E-state index contributed by atoms with van der Waals surface area (Å²) in [4.78, 5) is 43.0. The van der Waals surface area contributed by atoms with Gasteiger partial charge in [0.25, 0.3) is 11.6 Å². The first-order chi connectivity index (χ1) is 18.8. The first-order valence-corrected chi connectivity index (χ1v) is 13.8. The van der Waals surface area contributed by atoms with E-state index in [0.717, 1.165) is 16.0 Å². The molecule has 1 aliphatic heterocycles. The van der Waals surface area contributed by atoms with E-state index in [1.54, 1.807) is 44.7 Å². The number of rotatable bonds is 11. The van der Waals surface area contributed by atoms with Crippen molar-refractivity contribution in [3.05, 3.63) is 79.7 Å². The molecule has 202 valence electrons. The van der Waals surface area contributed by atoms with Crippen molar-refractivity contribution in [1.82, 2.24) is 9.88 Å². The van der Waals surface area contributed by atoms with Crippen LogP contribution in [0.2, 0.25) is 0 Å². The van der Waals surface area contributed by atoms with E-state index in [1.165, 1.54) is 40.1 Å². The average Bonchev–Trinajstić information content (AvgIpc) is 3.46. The maximum atomic E-state index is 12.9. The number of thioether (sulfide) groups is 1. The average molecular weight is 585 g/mol. The van der Waals surface area contributed by atoms with Crippen LogP contribution in [0.1, 0.15) is 28.8 Å². The lowest BCUT2D eigenvalue weighted by Crippen LogP contribution is -2.29. The largest absolute Gasteiger partial charge is 0.493 e. The van der Waals surface area contributed by atoms with Crippen molar-refractivity contribution in [2.75, 3.05) is 26.1 Å². The zero-order valence-corrected chi connectivity index (χ0v) is 23.5.